The molecule has 0 aliphatic carbocycles. The number of rotatable bonds is 14. The van der Waals surface area contributed by atoms with Crippen molar-refractivity contribution < 1.29 is 29.0 Å². The van der Waals surface area contributed by atoms with Gasteiger partial charge in [-0.05, 0) is 69.0 Å². The second-order valence-electron chi connectivity index (χ2n) is 14.7. The first-order valence-electron chi connectivity index (χ1n) is 18.2. The number of nitrogens with one attached hydrogen (secondary N) is 1. The summed E-state index contributed by atoms with van der Waals surface area (Å²) in [6.07, 6.45) is -0.772. The van der Waals surface area contributed by atoms with Crippen LogP contribution in [0.15, 0.2) is 97.1 Å². The number of ether oxygens (including phenoxy) is 1. The van der Waals surface area contributed by atoms with Gasteiger partial charge in [0.2, 0.25) is 17.7 Å². The Morgan fingerprint density at radius 1 is 0.906 bits per heavy atom. The number of aryl methyl sites for hydroxylation is 1. The zero-order valence-electron chi connectivity index (χ0n) is 30.7. The summed E-state index contributed by atoms with van der Waals surface area (Å²) in [5.74, 6) is -2.54. The number of carbonyl (C=O) groups is 4. The molecular weight excluding hydrogens is 670 g/mol. The molecule has 0 aromatic heterocycles. The lowest BCUT2D eigenvalue weighted by atomic mass is 9.95. The minimum absolute atomic E-state index is 0.0622. The average molecular weight is 722 g/mol. The number of likely N-dealkylation sites (tertiary alicyclic amines) is 1. The van der Waals surface area contributed by atoms with Crippen molar-refractivity contribution in [3.8, 4) is 5.75 Å². The number of aliphatic hydroxyl groups is 1. The van der Waals surface area contributed by atoms with E-state index in [1.54, 1.807) is 17.0 Å². The Balaban J connectivity index is 1.66. The lowest BCUT2D eigenvalue weighted by molar-refractivity contribution is -0.149. The third-order valence-corrected chi connectivity index (χ3v) is 9.40. The van der Waals surface area contributed by atoms with Crippen LogP contribution in [0.25, 0.3) is 10.8 Å². The van der Waals surface area contributed by atoms with Crippen LogP contribution >= 0.6 is 0 Å². The Hall–Kier alpha value is -5.10. The highest BCUT2D eigenvalue weighted by molar-refractivity contribution is 6.11. The first-order chi connectivity index (χ1) is 25.3. The van der Waals surface area contributed by atoms with Crippen molar-refractivity contribution in [1.29, 1.82) is 0 Å². The summed E-state index contributed by atoms with van der Waals surface area (Å²) in [5, 5.41) is 16.8. The largest absolute Gasteiger partial charge is 0.487 e. The van der Waals surface area contributed by atoms with Crippen molar-refractivity contribution in [2.24, 2.45) is 11.5 Å². The molecular formula is C42H51N5O6. The number of aliphatic hydroxyl groups excluding tert-OH is 1. The lowest BCUT2D eigenvalue weighted by Crippen LogP contribution is -2.67. The Labute approximate surface area is 311 Å². The molecule has 1 aliphatic rings. The molecule has 11 heteroatoms. The molecule has 4 aromatic carbocycles. The van der Waals surface area contributed by atoms with Crippen molar-refractivity contribution in [1.82, 2.24) is 15.1 Å². The number of hydrogen-bond donors (Lipinski definition) is 4. The Morgan fingerprint density at radius 2 is 1.55 bits per heavy atom. The Morgan fingerprint density at radius 3 is 2.21 bits per heavy atom. The van der Waals surface area contributed by atoms with E-state index in [1.165, 1.54) is 0 Å². The summed E-state index contributed by atoms with van der Waals surface area (Å²) in [4.78, 5) is 58.6. The average Bonchev–Trinajstić information content (AvgIpc) is 3.14. The molecule has 53 heavy (non-hydrogen) atoms. The number of carbonyl (C=O) groups excluding carboxylic acids is 4. The molecule has 4 aromatic rings. The number of nitrogens with two attached hydrogens (primary N) is 2. The van der Waals surface area contributed by atoms with Crippen LogP contribution in [0.1, 0.15) is 74.4 Å². The lowest BCUT2D eigenvalue weighted by Gasteiger charge is -2.47. The smallest absolute Gasteiger partial charge is 0.265 e. The van der Waals surface area contributed by atoms with Crippen LogP contribution in [0.5, 0.6) is 5.75 Å². The molecule has 0 bridgehead atoms. The van der Waals surface area contributed by atoms with Crippen LogP contribution < -0.4 is 21.5 Å². The number of benzene rings is 4. The molecule has 1 aliphatic heterocycles. The Kier molecular flexibility index (Phi) is 13.0. The summed E-state index contributed by atoms with van der Waals surface area (Å²) >= 11 is 0. The van der Waals surface area contributed by atoms with Crippen molar-refractivity contribution >= 4 is 34.4 Å². The number of hydrogen-bond acceptors (Lipinski definition) is 8. The predicted octanol–water partition coefficient (Wildman–Crippen LogP) is 4.68. The topological polar surface area (TPSA) is 168 Å². The second kappa shape index (κ2) is 17.6. The first kappa shape index (κ1) is 39.1. The molecule has 6 N–H and O–H groups in total. The van der Waals surface area contributed by atoms with Gasteiger partial charge in [-0.1, -0.05) is 97.4 Å². The van der Waals surface area contributed by atoms with Gasteiger partial charge in [-0.15, -0.1) is 0 Å². The van der Waals surface area contributed by atoms with Crippen LogP contribution in [0.3, 0.4) is 0 Å². The monoisotopic (exact) mass is 721 g/mol. The number of imide groups is 1. The fourth-order valence-electron chi connectivity index (χ4n) is 6.91. The van der Waals surface area contributed by atoms with E-state index in [4.69, 9.17) is 16.2 Å². The first-order valence-corrected chi connectivity index (χ1v) is 18.2. The SMILES string of the molecule is CC(C)(C)NC(=O)[C@@H]1CCCCN1C(C(O)CCc1ccccc1)N(C(=O)c1ccc2ccccc2c1OCc1ccccc1)C(=O)[C@@H](N)CC(N)=O. The zero-order chi connectivity index (χ0) is 38.1. The minimum Gasteiger partial charge on any atom is -0.487 e. The maximum Gasteiger partial charge on any atom is 0.265 e. The highest BCUT2D eigenvalue weighted by atomic mass is 16.5. The quantitative estimate of drug-likeness (QED) is 0.146. The minimum atomic E-state index is -1.50. The Bertz CT molecular complexity index is 1880. The van der Waals surface area contributed by atoms with Crippen molar-refractivity contribution in [2.45, 2.75) is 95.8 Å². The van der Waals surface area contributed by atoms with Gasteiger partial charge in [0.15, 0.2) is 0 Å². The summed E-state index contributed by atoms with van der Waals surface area (Å²) in [7, 11) is 0. The van der Waals surface area contributed by atoms with E-state index in [0.29, 0.717) is 31.2 Å². The second-order valence-corrected chi connectivity index (χ2v) is 14.7. The summed E-state index contributed by atoms with van der Waals surface area (Å²) < 4.78 is 6.41. The third-order valence-electron chi connectivity index (χ3n) is 9.40. The van der Waals surface area contributed by atoms with Gasteiger partial charge < -0.3 is 26.6 Å². The number of piperidine rings is 1. The van der Waals surface area contributed by atoms with Crippen molar-refractivity contribution in [3.05, 3.63) is 114 Å². The van der Waals surface area contributed by atoms with Gasteiger partial charge in [0.1, 0.15) is 18.5 Å². The van der Waals surface area contributed by atoms with Crippen molar-refractivity contribution in [2.75, 3.05) is 6.54 Å². The predicted molar refractivity (Wildman–Crippen MR) is 204 cm³/mol. The number of amides is 4. The van der Waals surface area contributed by atoms with Crippen LogP contribution in [-0.2, 0) is 27.4 Å². The van der Waals surface area contributed by atoms with E-state index >= 15 is 4.79 Å². The molecule has 4 atom stereocenters. The van der Waals surface area contributed by atoms with Gasteiger partial charge in [0, 0.05) is 17.5 Å². The number of primary amides is 1. The summed E-state index contributed by atoms with van der Waals surface area (Å²) in [6, 6.07) is 27.6. The molecule has 1 heterocycles. The summed E-state index contributed by atoms with van der Waals surface area (Å²) in [5.41, 5.74) is 13.2. The molecule has 11 nitrogen and oxygen atoms in total. The van der Waals surface area contributed by atoms with Gasteiger partial charge in [-0.3, -0.25) is 29.0 Å². The maximum absolute atomic E-state index is 15.2. The maximum atomic E-state index is 15.2. The van der Waals surface area contributed by atoms with E-state index in [2.05, 4.69) is 5.32 Å². The number of fused-ring (bicyclic) bond motifs is 1. The van der Waals surface area contributed by atoms with Gasteiger partial charge in [-0.25, -0.2) is 0 Å². The molecule has 0 saturated carbocycles. The van der Waals surface area contributed by atoms with E-state index in [-0.39, 0.29) is 30.2 Å². The summed E-state index contributed by atoms with van der Waals surface area (Å²) in [6.45, 7) is 6.08. The van der Waals surface area contributed by atoms with E-state index < -0.39 is 54.0 Å². The van der Waals surface area contributed by atoms with E-state index in [0.717, 1.165) is 27.8 Å². The number of nitrogens with zero attached hydrogens (tertiary/aromatic N) is 2. The highest BCUT2D eigenvalue weighted by Crippen LogP contribution is 2.34. The molecule has 4 amide bonds. The zero-order valence-corrected chi connectivity index (χ0v) is 30.7. The fourth-order valence-corrected chi connectivity index (χ4v) is 6.91. The van der Waals surface area contributed by atoms with Crippen molar-refractivity contribution in [3.63, 3.8) is 0 Å². The molecule has 1 saturated heterocycles. The molecule has 0 spiro atoms. The van der Waals surface area contributed by atoms with Crippen LogP contribution in [0, 0.1) is 0 Å². The fraction of sp³-hybridized carbons (Fsp3) is 0.381. The van der Waals surface area contributed by atoms with Crippen LogP contribution in [-0.4, -0.2) is 75.0 Å². The molecule has 2 unspecified atom stereocenters. The standard InChI is InChI=1S/C42H51N5O6/c1-42(2,3)45-38(50)34-20-12-13-25-46(34)39(35(48)24-21-28-14-6-4-7-15-28)47(41(52)33(43)26-36(44)49)40(51)32-23-22-30-18-10-11-19-31(30)37(32)53-27-29-16-8-5-9-17-29/h4-11,14-19,22-23,33-35,39,48H,12-13,20-21,24-27,43H2,1-3H3,(H2,44,49)(H,45,50)/t33-,34-,35?,39?/m0/s1. The van der Waals surface area contributed by atoms with Gasteiger partial charge in [-0.2, -0.15) is 0 Å². The van der Waals surface area contributed by atoms with Gasteiger partial charge in [0.05, 0.1) is 30.2 Å². The third kappa shape index (κ3) is 10.1. The van der Waals surface area contributed by atoms with Crippen LogP contribution in [0.2, 0.25) is 0 Å². The molecule has 280 valence electrons. The van der Waals surface area contributed by atoms with Crippen LogP contribution in [0.4, 0.5) is 0 Å². The normalized spacial score (nSPS) is 16.7. The molecule has 5 rings (SSSR count). The highest BCUT2D eigenvalue weighted by Gasteiger charge is 2.46. The van der Waals surface area contributed by atoms with Gasteiger partial charge >= 0.3 is 0 Å². The van der Waals surface area contributed by atoms with Gasteiger partial charge in [0.25, 0.3) is 5.91 Å². The molecule has 0 radical (unpaired) electrons. The van der Waals surface area contributed by atoms with E-state index in [1.807, 2.05) is 106 Å². The molecule has 1 fully saturated rings. The van der Waals surface area contributed by atoms with E-state index in [9.17, 15) is 19.5 Å².